The van der Waals surface area contributed by atoms with E-state index in [0.29, 0.717) is 6.61 Å². The van der Waals surface area contributed by atoms with E-state index in [1.165, 1.54) is 0 Å². The van der Waals surface area contributed by atoms with E-state index in [1.54, 1.807) is 17.8 Å². The molecule has 0 aliphatic carbocycles. The number of aromatic nitrogens is 2. The van der Waals surface area contributed by atoms with E-state index in [1.807, 2.05) is 30.3 Å². The molecule has 0 saturated heterocycles. The van der Waals surface area contributed by atoms with Gasteiger partial charge in [-0.3, -0.25) is 9.48 Å². The van der Waals surface area contributed by atoms with Crippen molar-refractivity contribution in [3.63, 3.8) is 0 Å². The van der Waals surface area contributed by atoms with Crippen LogP contribution in [0.1, 0.15) is 16.2 Å². The summed E-state index contributed by atoms with van der Waals surface area (Å²) >= 11 is 0. The van der Waals surface area contributed by atoms with Gasteiger partial charge in [0.25, 0.3) is 5.91 Å². The molecule has 1 amide bonds. The second kappa shape index (κ2) is 4.69. The Bertz CT molecular complexity index is 520. The normalized spacial score (nSPS) is 10.2. The number of hydrogen-bond donors (Lipinski definition) is 1. The second-order valence-corrected chi connectivity index (χ2v) is 3.61. The molecule has 0 aliphatic heterocycles. The molecule has 0 radical (unpaired) electrons. The Balaban J connectivity index is 2.07. The molecule has 0 fully saturated rings. The highest BCUT2D eigenvalue weighted by molar-refractivity contribution is 5.90. The van der Waals surface area contributed by atoms with Gasteiger partial charge < -0.3 is 10.5 Å². The fourth-order valence-electron chi connectivity index (χ4n) is 1.44. The maximum absolute atomic E-state index is 10.9. The van der Waals surface area contributed by atoms with Gasteiger partial charge >= 0.3 is 0 Å². The third kappa shape index (κ3) is 2.63. The van der Waals surface area contributed by atoms with Gasteiger partial charge in [-0.2, -0.15) is 5.10 Å². The highest BCUT2D eigenvalue weighted by Gasteiger charge is 2.09. The number of para-hydroxylation sites is 1. The quantitative estimate of drug-likeness (QED) is 0.856. The fourth-order valence-corrected chi connectivity index (χ4v) is 1.44. The fraction of sp³-hybridized carbons (Fsp3) is 0.167. The minimum absolute atomic E-state index is 0.249. The molecule has 0 saturated carbocycles. The second-order valence-electron chi connectivity index (χ2n) is 3.61. The minimum Gasteiger partial charge on any atom is -0.487 e. The lowest BCUT2D eigenvalue weighted by atomic mass is 10.3. The van der Waals surface area contributed by atoms with Gasteiger partial charge in [0.2, 0.25) is 0 Å². The molecule has 0 atom stereocenters. The smallest absolute Gasteiger partial charge is 0.269 e. The maximum Gasteiger partial charge on any atom is 0.269 e. The summed E-state index contributed by atoms with van der Waals surface area (Å²) in [5.41, 5.74) is 6.19. The number of ether oxygens (including phenoxy) is 1. The predicted octanol–water partition coefficient (Wildman–Crippen LogP) is 1.10. The van der Waals surface area contributed by atoms with Crippen LogP contribution in [0.4, 0.5) is 0 Å². The number of hydrogen-bond acceptors (Lipinski definition) is 3. The lowest BCUT2D eigenvalue weighted by Gasteiger charge is -2.05. The molecule has 2 N–H and O–H groups in total. The summed E-state index contributed by atoms with van der Waals surface area (Å²) in [4.78, 5) is 10.9. The first-order valence-electron chi connectivity index (χ1n) is 5.17. The molecule has 0 unspecified atom stereocenters. The average molecular weight is 231 g/mol. The summed E-state index contributed by atoms with van der Waals surface area (Å²) in [6.07, 6.45) is 0. The largest absolute Gasteiger partial charge is 0.487 e. The molecule has 5 nitrogen and oxygen atoms in total. The summed E-state index contributed by atoms with van der Waals surface area (Å²) < 4.78 is 7.14. The molecule has 2 aromatic rings. The molecular formula is C12H13N3O2. The van der Waals surface area contributed by atoms with Crippen LogP contribution in [0.2, 0.25) is 0 Å². The van der Waals surface area contributed by atoms with Crippen LogP contribution in [0.25, 0.3) is 0 Å². The van der Waals surface area contributed by atoms with E-state index in [0.717, 1.165) is 11.4 Å². The Morgan fingerprint density at radius 2 is 2.12 bits per heavy atom. The zero-order valence-electron chi connectivity index (χ0n) is 9.46. The van der Waals surface area contributed by atoms with E-state index in [4.69, 9.17) is 10.5 Å². The number of aryl methyl sites for hydroxylation is 1. The molecule has 5 heteroatoms. The Morgan fingerprint density at radius 3 is 2.71 bits per heavy atom. The monoisotopic (exact) mass is 231 g/mol. The molecule has 1 heterocycles. The molecule has 88 valence electrons. The number of nitrogens with zero attached hydrogens (tertiary/aromatic N) is 2. The summed E-state index contributed by atoms with van der Waals surface area (Å²) in [6.45, 7) is 0.348. The van der Waals surface area contributed by atoms with Crippen LogP contribution in [0, 0.1) is 0 Å². The van der Waals surface area contributed by atoms with Gasteiger partial charge in [-0.1, -0.05) is 18.2 Å². The van der Waals surface area contributed by atoms with Crippen molar-refractivity contribution in [2.24, 2.45) is 12.8 Å². The van der Waals surface area contributed by atoms with Crippen LogP contribution in [0.3, 0.4) is 0 Å². The van der Waals surface area contributed by atoms with E-state index in [-0.39, 0.29) is 5.69 Å². The van der Waals surface area contributed by atoms with E-state index in [2.05, 4.69) is 5.10 Å². The van der Waals surface area contributed by atoms with Gasteiger partial charge in [0.05, 0.1) is 5.69 Å². The van der Waals surface area contributed by atoms with Gasteiger partial charge in [-0.05, 0) is 18.2 Å². The van der Waals surface area contributed by atoms with Crippen molar-refractivity contribution in [3.8, 4) is 5.75 Å². The van der Waals surface area contributed by atoms with Crippen molar-refractivity contribution in [1.82, 2.24) is 9.78 Å². The highest BCUT2D eigenvalue weighted by atomic mass is 16.5. The zero-order valence-corrected chi connectivity index (χ0v) is 9.46. The third-order valence-electron chi connectivity index (χ3n) is 2.36. The van der Waals surface area contributed by atoms with Gasteiger partial charge in [0.15, 0.2) is 0 Å². The number of nitrogens with two attached hydrogens (primary N) is 1. The Morgan fingerprint density at radius 1 is 1.41 bits per heavy atom. The van der Waals surface area contributed by atoms with Crippen LogP contribution in [-0.2, 0) is 13.7 Å². The van der Waals surface area contributed by atoms with Crippen LogP contribution < -0.4 is 10.5 Å². The average Bonchev–Trinajstić information content (AvgIpc) is 2.70. The molecule has 0 bridgehead atoms. The Kier molecular flexibility index (Phi) is 3.09. The topological polar surface area (TPSA) is 70.1 Å². The molecule has 2 rings (SSSR count). The standard InChI is InChI=1S/C12H13N3O2/c1-15-9(7-11(14-15)12(13)16)8-17-10-5-3-2-4-6-10/h2-7H,8H2,1H3,(H2,13,16). The zero-order chi connectivity index (χ0) is 12.3. The van der Waals surface area contributed by atoms with Gasteiger partial charge in [-0.15, -0.1) is 0 Å². The Hall–Kier alpha value is -2.30. The third-order valence-corrected chi connectivity index (χ3v) is 2.36. The molecule has 17 heavy (non-hydrogen) atoms. The maximum atomic E-state index is 10.9. The number of rotatable bonds is 4. The predicted molar refractivity (Wildman–Crippen MR) is 62.5 cm³/mol. The van der Waals surface area contributed by atoms with E-state index in [9.17, 15) is 4.79 Å². The van der Waals surface area contributed by atoms with Crippen LogP contribution in [-0.4, -0.2) is 15.7 Å². The number of carbonyl (C=O) groups is 1. The molecule has 1 aromatic heterocycles. The van der Waals surface area contributed by atoms with E-state index < -0.39 is 5.91 Å². The van der Waals surface area contributed by atoms with Crippen molar-refractivity contribution in [2.75, 3.05) is 0 Å². The van der Waals surface area contributed by atoms with Crippen molar-refractivity contribution in [3.05, 3.63) is 47.8 Å². The first-order valence-corrected chi connectivity index (χ1v) is 5.17. The highest BCUT2D eigenvalue weighted by Crippen LogP contribution is 2.11. The number of primary amides is 1. The number of carbonyl (C=O) groups excluding carboxylic acids is 1. The number of amides is 1. The first kappa shape index (κ1) is 11.2. The summed E-state index contributed by atoms with van der Waals surface area (Å²) in [5, 5.41) is 3.98. The lowest BCUT2D eigenvalue weighted by Crippen LogP contribution is -2.11. The van der Waals surface area contributed by atoms with Gasteiger partial charge in [0.1, 0.15) is 18.1 Å². The summed E-state index contributed by atoms with van der Waals surface area (Å²) in [7, 11) is 1.75. The molecule has 1 aromatic carbocycles. The molecule has 0 spiro atoms. The van der Waals surface area contributed by atoms with Crippen molar-refractivity contribution in [1.29, 1.82) is 0 Å². The van der Waals surface area contributed by atoms with Crippen molar-refractivity contribution < 1.29 is 9.53 Å². The summed E-state index contributed by atoms with van der Waals surface area (Å²) in [6, 6.07) is 11.1. The summed E-state index contributed by atoms with van der Waals surface area (Å²) in [5.74, 6) is 0.237. The van der Waals surface area contributed by atoms with E-state index >= 15 is 0 Å². The van der Waals surface area contributed by atoms with Gasteiger partial charge in [-0.25, -0.2) is 0 Å². The van der Waals surface area contributed by atoms with Gasteiger partial charge in [0, 0.05) is 7.05 Å². The van der Waals surface area contributed by atoms with Crippen LogP contribution in [0.5, 0.6) is 5.75 Å². The SMILES string of the molecule is Cn1nc(C(N)=O)cc1COc1ccccc1. The minimum atomic E-state index is -0.536. The van der Waals surface area contributed by atoms with Crippen molar-refractivity contribution in [2.45, 2.75) is 6.61 Å². The van der Waals surface area contributed by atoms with Crippen LogP contribution in [0.15, 0.2) is 36.4 Å². The lowest BCUT2D eigenvalue weighted by molar-refractivity contribution is 0.0995. The molecule has 0 aliphatic rings. The first-order chi connectivity index (χ1) is 8.16. The Labute approximate surface area is 98.8 Å². The number of benzene rings is 1. The molecular weight excluding hydrogens is 218 g/mol. The van der Waals surface area contributed by atoms with Crippen molar-refractivity contribution >= 4 is 5.91 Å². The van der Waals surface area contributed by atoms with Crippen LogP contribution >= 0.6 is 0 Å².